The van der Waals surface area contributed by atoms with Crippen molar-refractivity contribution in [2.75, 3.05) is 0 Å². The minimum Gasteiger partial charge on any atom is -0.508 e. The van der Waals surface area contributed by atoms with Gasteiger partial charge in [0.2, 0.25) is 0 Å². The number of amides is 1. The first-order valence-electron chi connectivity index (χ1n) is 3.14. The van der Waals surface area contributed by atoms with Gasteiger partial charge in [0.25, 0.3) is 5.91 Å². The first kappa shape index (κ1) is 9.02. The van der Waals surface area contributed by atoms with Gasteiger partial charge in [0.05, 0.1) is 5.56 Å². The summed E-state index contributed by atoms with van der Waals surface area (Å²) in [4.78, 5) is 11.0. The van der Waals surface area contributed by atoms with E-state index < -0.39 is 5.91 Å². The predicted octanol–water partition coefficient (Wildman–Crippen LogP) is 0.758. The molecule has 0 aliphatic rings. The average molecular weight is 231 g/mol. The van der Waals surface area contributed by atoms with Crippen LogP contribution in [0, 0.1) is 0 Å². The Labute approximate surface area is 77.5 Å². The van der Waals surface area contributed by atoms with Crippen LogP contribution in [0.5, 0.6) is 5.75 Å². The van der Waals surface area contributed by atoms with Gasteiger partial charge in [0, 0.05) is 4.47 Å². The van der Waals surface area contributed by atoms with Crippen LogP contribution in [0.1, 0.15) is 10.4 Å². The summed E-state index contributed by atoms with van der Waals surface area (Å²) in [5, 5.41) is 9.04. The molecule has 1 aromatic carbocycles. The number of hydrazine groups is 1. The lowest BCUT2D eigenvalue weighted by molar-refractivity contribution is 0.0952. The van der Waals surface area contributed by atoms with Crippen molar-refractivity contribution in [3.8, 4) is 5.75 Å². The summed E-state index contributed by atoms with van der Waals surface area (Å²) in [7, 11) is 0. The van der Waals surface area contributed by atoms with Crippen molar-refractivity contribution in [3.05, 3.63) is 28.2 Å². The second kappa shape index (κ2) is 3.55. The molecule has 0 radical (unpaired) electrons. The summed E-state index contributed by atoms with van der Waals surface area (Å²) in [6, 6.07) is 4.36. The molecular formula is C7H7BrN2O2. The van der Waals surface area contributed by atoms with Gasteiger partial charge in [0.1, 0.15) is 5.75 Å². The van der Waals surface area contributed by atoms with E-state index in [0.717, 1.165) is 0 Å². The highest BCUT2D eigenvalue weighted by molar-refractivity contribution is 9.10. The predicted molar refractivity (Wildman–Crippen MR) is 47.5 cm³/mol. The van der Waals surface area contributed by atoms with Gasteiger partial charge in [-0.05, 0) is 34.1 Å². The van der Waals surface area contributed by atoms with Crippen LogP contribution in [-0.4, -0.2) is 11.0 Å². The molecule has 0 atom stereocenters. The number of nitrogens with two attached hydrogens (primary N) is 1. The molecule has 0 aromatic heterocycles. The number of phenolic OH excluding ortho intramolecular Hbond substituents is 1. The number of carbonyl (C=O) groups is 1. The SMILES string of the molecule is NNC(=O)c1cc(O)ccc1Br. The number of nitrogen functional groups attached to an aromatic ring is 1. The number of aromatic hydroxyl groups is 1. The molecule has 0 bridgehead atoms. The van der Waals surface area contributed by atoms with Crippen LogP contribution < -0.4 is 11.3 Å². The van der Waals surface area contributed by atoms with Gasteiger partial charge in [0.15, 0.2) is 0 Å². The second-order valence-electron chi connectivity index (χ2n) is 2.14. The fourth-order valence-corrected chi connectivity index (χ4v) is 1.19. The Morgan fingerprint density at radius 2 is 2.25 bits per heavy atom. The number of hydrogen-bond donors (Lipinski definition) is 3. The van der Waals surface area contributed by atoms with E-state index in [4.69, 9.17) is 10.9 Å². The number of carbonyl (C=O) groups excluding carboxylic acids is 1. The third kappa shape index (κ3) is 1.75. The van der Waals surface area contributed by atoms with E-state index in [-0.39, 0.29) is 5.75 Å². The minimum absolute atomic E-state index is 0.0248. The monoisotopic (exact) mass is 230 g/mol. The van der Waals surface area contributed by atoms with Crippen LogP contribution in [0.25, 0.3) is 0 Å². The number of phenols is 1. The third-order valence-electron chi connectivity index (χ3n) is 1.33. The van der Waals surface area contributed by atoms with E-state index in [1.54, 1.807) is 6.07 Å². The highest BCUT2D eigenvalue weighted by Crippen LogP contribution is 2.21. The lowest BCUT2D eigenvalue weighted by Gasteiger charge is -2.02. The van der Waals surface area contributed by atoms with Crippen LogP contribution in [-0.2, 0) is 0 Å². The van der Waals surface area contributed by atoms with Crippen LogP contribution in [0.4, 0.5) is 0 Å². The third-order valence-corrected chi connectivity index (χ3v) is 2.02. The highest BCUT2D eigenvalue weighted by Gasteiger charge is 2.08. The molecule has 64 valence electrons. The van der Waals surface area contributed by atoms with Crippen molar-refractivity contribution in [2.24, 2.45) is 5.84 Å². The van der Waals surface area contributed by atoms with Gasteiger partial charge >= 0.3 is 0 Å². The van der Waals surface area contributed by atoms with Crippen LogP contribution in [0.2, 0.25) is 0 Å². The van der Waals surface area contributed by atoms with Crippen molar-refractivity contribution in [2.45, 2.75) is 0 Å². The molecule has 0 fully saturated rings. The Morgan fingerprint density at radius 3 is 2.83 bits per heavy atom. The van der Waals surface area contributed by atoms with Gasteiger partial charge in [-0.25, -0.2) is 5.84 Å². The molecule has 5 heteroatoms. The maximum atomic E-state index is 11.0. The van der Waals surface area contributed by atoms with E-state index in [1.807, 2.05) is 5.43 Å². The summed E-state index contributed by atoms with van der Waals surface area (Å²) in [5.41, 5.74) is 2.27. The van der Waals surface area contributed by atoms with Crippen LogP contribution >= 0.6 is 15.9 Å². The highest BCUT2D eigenvalue weighted by atomic mass is 79.9. The van der Waals surface area contributed by atoms with Crippen molar-refractivity contribution < 1.29 is 9.90 Å². The largest absolute Gasteiger partial charge is 0.508 e. The molecule has 0 aliphatic heterocycles. The molecule has 1 rings (SSSR count). The molecule has 0 heterocycles. The van der Waals surface area contributed by atoms with Crippen molar-refractivity contribution in [1.82, 2.24) is 5.43 Å². The number of hydrogen-bond acceptors (Lipinski definition) is 3. The molecule has 4 N–H and O–H groups in total. The van der Waals surface area contributed by atoms with Crippen molar-refractivity contribution >= 4 is 21.8 Å². The molecular weight excluding hydrogens is 224 g/mol. The second-order valence-corrected chi connectivity index (χ2v) is 2.99. The number of halogens is 1. The zero-order chi connectivity index (χ0) is 9.14. The van der Waals surface area contributed by atoms with Gasteiger partial charge in [-0.1, -0.05) is 0 Å². The normalized spacial score (nSPS) is 9.50. The molecule has 0 spiro atoms. The van der Waals surface area contributed by atoms with Crippen LogP contribution in [0.3, 0.4) is 0 Å². The molecule has 4 nitrogen and oxygen atoms in total. The molecule has 0 unspecified atom stereocenters. The van der Waals surface area contributed by atoms with Gasteiger partial charge < -0.3 is 5.11 Å². The van der Waals surface area contributed by atoms with Crippen molar-refractivity contribution in [3.63, 3.8) is 0 Å². The van der Waals surface area contributed by atoms with Crippen molar-refractivity contribution in [1.29, 1.82) is 0 Å². The fraction of sp³-hybridized carbons (Fsp3) is 0. The van der Waals surface area contributed by atoms with E-state index in [0.29, 0.717) is 10.0 Å². The quantitative estimate of drug-likeness (QED) is 0.379. The van der Waals surface area contributed by atoms with Crippen LogP contribution in [0.15, 0.2) is 22.7 Å². The summed E-state index contributed by atoms with van der Waals surface area (Å²) >= 11 is 3.14. The number of nitrogens with one attached hydrogen (secondary N) is 1. The Hall–Kier alpha value is -1.07. The summed E-state index contributed by atoms with van der Waals surface area (Å²) < 4.78 is 0.586. The summed E-state index contributed by atoms with van der Waals surface area (Å²) in [6.45, 7) is 0. The topological polar surface area (TPSA) is 75.3 Å². The van der Waals surface area contributed by atoms with Gasteiger partial charge in [-0.2, -0.15) is 0 Å². The molecule has 0 aliphatic carbocycles. The van der Waals surface area contributed by atoms with E-state index in [9.17, 15) is 4.79 Å². The number of benzene rings is 1. The zero-order valence-electron chi connectivity index (χ0n) is 6.04. The Bertz CT molecular complexity index is 314. The molecule has 1 aromatic rings. The summed E-state index contributed by atoms with van der Waals surface area (Å²) in [6.07, 6.45) is 0. The van der Waals surface area contributed by atoms with E-state index in [1.165, 1.54) is 12.1 Å². The lowest BCUT2D eigenvalue weighted by Crippen LogP contribution is -2.30. The smallest absolute Gasteiger partial charge is 0.266 e. The fourth-order valence-electron chi connectivity index (χ4n) is 0.765. The first-order valence-corrected chi connectivity index (χ1v) is 3.94. The van der Waals surface area contributed by atoms with Gasteiger partial charge in [-0.15, -0.1) is 0 Å². The Morgan fingerprint density at radius 1 is 1.58 bits per heavy atom. The van der Waals surface area contributed by atoms with Gasteiger partial charge in [-0.3, -0.25) is 10.2 Å². The molecule has 12 heavy (non-hydrogen) atoms. The van der Waals surface area contributed by atoms with E-state index >= 15 is 0 Å². The minimum atomic E-state index is -0.447. The number of rotatable bonds is 1. The van der Waals surface area contributed by atoms with E-state index in [2.05, 4.69) is 15.9 Å². The summed E-state index contributed by atoms with van der Waals surface area (Å²) in [5.74, 6) is 4.50. The maximum Gasteiger partial charge on any atom is 0.266 e. The average Bonchev–Trinajstić information content (AvgIpc) is 2.08. The standard InChI is InChI=1S/C7H7BrN2O2/c8-6-2-1-4(11)3-5(6)7(12)10-9/h1-3,11H,9H2,(H,10,12). The Kier molecular flexibility index (Phi) is 2.67. The Balaban J connectivity index is 3.13. The molecule has 1 amide bonds. The first-order chi connectivity index (χ1) is 5.65. The zero-order valence-corrected chi connectivity index (χ0v) is 7.63. The molecule has 0 saturated carbocycles. The maximum absolute atomic E-state index is 11.0. The lowest BCUT2D eigenvalue weighted by atomic mass is 10.2. The molecule has 0 saturated heterocycles.